The zero-order valence-electron chi connectivity index (χ0n) is 19.9. The SMILES string of the molecule is C/C=C(/CC(C)N)N=CC(C)C[C@@H](C)CCCCNC(=O)COCCOCCNC. The molecular formula is C23H46N4O3. The van der Waals surface area contributed by atoms with Crippen molar-refractivity contribution in [3.8, 4) is 0 Å². The number of hydrogen-bond donors (Lipinski definition) is 3. The maximum atomic E-state index is 11.7. The molecule has 4 N–H and O–H groups in total. The van der Waals surface area contributed by atoms with Gasteiger partial charge >= 0.3 is 0 Å². The molecule has 176 valence electrons. The Hall–Kier alpha value is -1.28. The lowest BCUT2D eigenvalue weighted by molar-refractivity contribution is -0.126. The molecule has 1 amide bonds. The van der Waals surface area contributed by atoms with Gasteiger partial charge < -0.3 is 25.8 Å². The van der Waals surface area contributed by atoms with Crippen molar-refractivity contribution in [2.24, 2.45) is 22.6 Å². The molecule has 0 saturated carbocycles. The summed E-state index contributed by atoms with van der Waals surface area (Å²) in [5.74, 6) is 1.02. The van der Waals surface area contributed by atoms with Crippen molar-refractivity contribution in [1.29, 1.82) is 0 Å². The normalized spacial score (nSPS) is 15.3. The van der Waals surface area contributed by atoms with Crippen LogP contribution in [-0.4, -0.2) is 64.7 Å². The largest absolute Gasteiger partial charge is 0.378 e. The Morgan fingerprint density at radius 2 is 1.83 bits per heavy atom. The molecule has 0 rings (SSSR count). The number of likely N-dealkylation sites (N-methyl/N-ethyl adjacent to an activating group) is 1. The molecule has 0 aromatic carbocycles. The van der Waals surface area contributed by atoms with Crippen LogP contribution < -0.4 is 16.4 Å². The van der Waals surface area contributed by atoms with E-state index in [1.54, 1.807) is 0 Å². The molecule has 0 aliphatic carbocycles. The summed E-state index contributed by atoms with van der Waals surface area (Å²) in [6.45, 7) is 11.7. The number of rotatable bonds is 19. The summed E-state index contributed by atoms with van der Waals surface area (Å²) >= 11 is 0. The average molecular weight is 427 g/mol. The summed E-state index contributed by atoms with van der Waals surface area (Å²) in [6.07, 6.45) is 9.28. The molecule has 0 aliphatic heterocycles. The standard InChI is InChI=1S/C23H46N4O3/c1-6-22(16-21(4)24)27-17-20(3)15-19(2)9-7-8-10-26-23(28)18-30-14-13-29-12-11-25-5/h6,17,19-21,25H,7-16,18,24H2,1-5H3,(H,26,28)/b22-6-,27-17?/t19-,20?,21?/m0/s1. The molecule has 7 heteroatoms. The van der Waals surface area contributed by atoms with E-state index in [2.05, 4.69) is 35.7 Å². The van der Waals surface area contributed by atoms with Crippen molar-refractivity contribution >= 4 is 12.1 Å². The van der Waals surface area contributed by atoms with Crippen LogP contribution in [0.4, 0.5) is 0 Å². The minimum Gasteiger partial charge on any atom is -0.378 e. The van der Waals surface area contributed by atoms with E-state index in [-0.39, 0.29) is 18.6 Å². The number of aliphatic imine (C=N–C) groups is 1. The number of nitrogens with two attached hydrogens (primary N) is 1. The van der Waals surface area contributed by atoms with E-state index in [0.717, 1.165) is 44.3 Å². The van der Waals surface area contributed by atoms with Crippen molar-refractivity contribution < 1.29 is 14.3 Å². The fourth-order valence-corrected chi connectivity index (χ4v) is 3.07. The molecule has 30 heavy (non-hydrogen) atoms. The highest BCUT2D eigenvalue weighted by Crippen LogP contribution is 2.17. The molecule has 7 nitrogen and oxygen atoms in total. The van der Waals surface area contributed by atoms with Crippen molar-refractivity contribution in [2.45, 2.75) is 65.8 Å². The van der Waals surface area contributed by atoms with E-state index in [4.69, 9.17) is 15.2 Å². The van der Waals surface area contributed by atoms with Crippen LogP contribution in [0.5, 0.6) is 0 Å². The number of hydrogen-bond acceptors (Lipinski definition) is 6. The van der Waals surface area contributed by atoms with Crippen molar-refractivity contribution in [1.82, 2.24) is 10.6 Å². The number of amides is 1. The third-order valence-electron chi connectivity index (χ3n) is 4.68. The smallest absolute Gasteiger partial charge is 0.245 e. The number of nitrogens with one attached hydrogen (secondary N) is 2. The summed E-state index contributed by atoms with van der Waals surface area (Å²) < 4.78 is 10.6. The van der Waals surface area contributed by atoms with Gasteiger partial charge in [0.1, 0.15) is 6.61 Å². The Morgan fingerprint density at radius 1 is 1.10 bits per heavy atom. The highest BCUT2D eigenvalue weighted by Gasteiger charge is 2.08. The van der Waals surface area contributed by atoms with Crippen LogP contribution in [0.2, 0.25) is 0 Å². The molecule has 3 atom stereocenters. The van der Waals surface area contributed by atoms with Gasteiger partial charge in [-0.1, -0.05) is 32.8 Å². The maximum absolute atomic E-state index is 11.7. The molecule has 0 spiro atoms. The number of carbonyl (C=O) groups is 1. The molecule has 0 heterocycles. The summed E-state index contributed by atoms with van der Waals surface area (Å²) in [5, 5.41) is 5.91. The van der Waals surface area contributed by atoms with Crippen LogP contribution in [0.1, 0.15) is 59.8 Å². The summed E-state index contributed by atoms with van der Waals surface area (Å²) in [4.78, 5) is 16.3. The summed E-state index contributed by atoms with van der Waals surface area (Å²) in [7, 11) is 1.88. The number of nitrogens with zero attached hydrogens (tertiary/aromatic N) is 1. The van der Waals surface area contributed by atoms with E-state index in [1.807, 2.05) is 27.0 Å². The van der Waals surface area contributed by atoms with Crippen molar-refractivity contribution in [3.05, 3.63) is 11.8 Å². The van der Waals surface area contributed by atoms with Crippen LogP contribution in [0.25, 0.3) is 0 Å². The Kier molecular flexibility index (Phi) is 18.8. The van der Waals surface area contributed by atoms with E-state index in [9.17, 15) is 4.79 Å². The van der Waals surface area contributed by atoms with Gasteiger partial charge in [-0.2, -0.15) is 0 Å². The third kappa shape index (κ3) is 18.7. The summed E-state index contributed by atoms with van der Waals surface area (Å²) in [6, 6.07) is 0.136. The highest BCUT2D eigenvalue weighted by atomic mass is 16.5. The minimum absolute atomic E-state index is 0.0605. The van der Waals surface area contributed by atoms with Crippen LogP contribution >= 0.6 is 0 Å². The molecular weight excluding hydrogens is 380 g/mol. The second kappa shape index (κ2) is 19.7. The first-order chi connectivity index (χ1) is 14.4. The number of unbranched alkanes of at least 4 members (excludes halogenated alkanes) is 1. The second-order valence-corrected chi connectivity index (χ2v) is 8.17. The van der Waals surface area contributed by atoms with Gasteiger partial charge in [-0.15, -0.1) is 0 Å². The minimum atomic E-state index is -0.0605. The quantitative estimate of drug-likeness (QED) is 0.218. The van der Waals surface area contributed by atoms with Crippen molar-refractivity contribution in [3.63, 3.8) is 0 Å². The van der Waals surface area contributed by atoms with Gasteiger partial charge in [-0.05, 0) is 45.6 Å². The Balaban J connectivity index is 3.72. The fourth-order valence-electron chi connectivity index (χ4n) is 3.07. The number of ether oxygens (including phenoxy) is 2. The lowest BCUT2D eigenvalue weighted by Crippen LogP contribution is -2.29. The van der Waals surface area contributed by atoms with Crippen LogP contribution in [0.3, 0.4) is 0 Å². The Morgan fingerprint density at radius 3 is 2.50 bits per heavy atom. The highest BCUT2D eigenvalue weighted by molar-refractivity contribution is 5.77. The molecule has 0 bridgehead atoms. The lowest BCUT2D eigenvalue weighted by atomic mass is 9.93. The summed E-state index contributed by atoms with van der Waals surface area (Å²) in [5.41, 5.74) is 6.91. The van der Waals surface area contributed by atoms with Crippen LogP contribution in [0.15, 0.2) is 16.8 Å². The molecule has 0 saturated heterocycles. The predicted molar refractivity (Wildman–Crippen MR) is 126 cm³/mol. The first-order valence-electron chi connectivity index (χ1n) is 11.4. The van der Waals surface area contributed by atoms with Gasteiger partial charge in [0.15, 0.2) is 0 Å². The van der Waals surface area contributed by atoms with E-state index in [1.165, 1.54) is 0 Å². The van der Waals surface area contributed by atoms with E-state index < -0.39 is 0 Å². The first kappa shape index (κ1) is 28.7. The average Bonchev–Trinajstić information content (AvgIpc) is 2.69. The number of allylic oxidation sites excluding steroid dienone is 1. The van der Waals surface area contributed by atoms with Gasteiger partial charge in [-0.25, -0.2) is 0 Å². The fraction of sp³-hybridized carbons (Fsp3) is 0.826. The molecule has 0 fully saturated rings. The monoisotopic (exact) mass is 426 g/mol. The van der Waals surface area contributed by atoms with Gasteiger partial charge in [-0.3, -0.25) is 9.79 Å². The maximum Gasteiger partial charge on any atom is 0.245 e. The Bertz CT molecular complexity index is 481. The Labute approximate surface area is 184 Å². The van der Waals surface area contributed by atoms with Gasteiger partial charge in [0.25, 0.3) is 0 Å². The molecule has 0 radical (unpaired) electrons. The van der Waals surface area contributed by atoms with Gasteiger partial charge in [0.2, 0.25) is 5.91 Å². The zero-order chi connectivity index (χ0) is 22.6. The predicted octanol–water partition coefficient (Wildman–Crippen LogP) is 2.90. The van der Waals surface area contributed by atoms with E-state index in [0.29, 0.717) is 38.2 Å². The van der Waals surface area contributed by atoms with Gasteiger partial charge in [0.05, 0.1) is 19.8 Å². The lowest BCUT2D eigenvalue weighted by Gasteiger charge is -2.14. The van der Waals surface area contributed by atoms with Crippen LogP contribution in [0, 0.1) is 11.8 Å². The van der Waals surface area contributed by atoms with Gasteiger partial charge in [0, 0.05) is 37.5 Å². The zero-order valence-corrected chi connectivity index (χ0v) is 19.9. The van der Waals surface area contributed by atoms with Crippen LogP contribution in [-0.2, 0) is 14.3 Å². The molecule has 2 unspecified atom stereocenters. The molecule has 0 aliphatic rings. The second-order valence-electron chi connectivity index (χ2n) is 8.17. The van der Waals surface area contributed by atoms with Crippen molar-refractivity contribution in [2.75, 3.05) is 46.6 Å². The first-order valence-corrected chi connectivity index (χ1v) is 11.4. The number of carbonyl (C=O) groups excluding carboxylic acids is 1. The molecule has 0 aromatic heterocycles. The van der Waals surface area contributed by atoms with E-state index >= 15 is 0 Å². The molecule has 0 aromatic rings. The third-order valence-corrected chi connectivity index (χ3v) is 4.68. The topological polar surface area (TPSA) is 98.0 Å².